The number of nitrogens with zero attached hydrogens (tertiary/aromatic N) is 4. The van der Waals surface area contributed by atoms with E-state index < -0.39 is 0 Å². The maximum atomic E-state index is 4.80. The first-order valence-electron chi connectivity index (χ1n) is 6.78. The molecular formula is C14H18BrN5. The fraction of sp³-hybridized carbons (Fsp3) is 0.500. The van der Waals surface area contributed by atoms with Gasteiger partial charge in [0.1, 0.15) is 5.82 Å². The van der Waals surface area contributed by atoms with Crippen molar-refractivity contribution in [3.63, 3.8) is 0 Å². The SMILES string of the molecule is CNc1nc(-c2c(C)nn(C)c2C)nc(C2CC2)c1Br. The third kappa shape index (κ3) is 2.12. The average Bonchev–Trinajstić information content (AvgIpc) is 3.20. The highest BCUT2D eigenvalue weighted by Gasteiger charge is 2.30. The van der Waals surface area contributed by atoms with E-state index in [0.717, 1.165) is 38.8 Å². The number of rotatable bonds is 3. The zero-order valence-electron chi connectivity index (χ0n) is 12.2. The van der Waals surface area contributed by atoms with Crippen molar-refractivity contribution in [1.29, 1.82) is 0 Å². The van der Waals surface area contributed by atoms with E-state index in [0.29, 0.717) is 5.92 Å². The van der Waals surface area contributed by atoms with Gasteiger partial charge in [-0.3, -0.25) is 4.68 Å². The fourth-order valence-corrected chi connectivity index (χ4v) is 3.17. The van der Waals surface area contributed by atoms with Crippen LogP contribution in [-0.4, -0.2) is 26.8 Å². The predicted molar refractivity (Wildman–Crippen MR) is 82.9 cm³/mol. The first kappa shape index (κ1) is 13.5. The van der Waals surface area contributed by atoms with Gasteiger partial charge in [0.05, 0.1) is 21.4 Å². The van der Waals surface area contributed by atoms with Crippen molar-refractivity contribution in [2.24, 2.45) is 7.05 Å². The fourth-order valence-electron chi connectivity index (χ4n) is 2.47. The molecule has 0 spiro atoms. The molecule has 6 heteroatoms. The molecule has 1 fully saturated rings. The number of anilines is 1. The Morgan fingerprint density at radius 3 is 2.45 bits per heavy atom. The Hall–Kier alpha value is -1.43. The summed E-state index contributed by atoms with van der Waals surface area (Å²) in [4.78, 5) is 9.44. The van der Waals surface area contributed by atoms with Crippen molar-refractivity contribution in [2.45, 2.75) is 32.6 Å². The summed E-state index contributed by atoms with van der Waals surface area (Å²) in [6, 6.07) is 0. The summed E-state index contributed by atoms with van der Waals surface area (Å²) < 4.78 is 2.87. The Bertz CT molecular complexity index is 673. The molecule has 2 heterocycles. The van der Waals surface area contributed by atoms with Crippen LogP contribution < -0.4 is 5.32 Å². The van der Waals surface area contributed by atoms with Crippen LogP contribution in [0.5, 0.6) is 0 Å². The quantitative estimate of drug-likeness (QED) is 0.935. The molecule has 20 heavy (non-hydrogen) atoms. The Kier molecular flexibility index (Phi) is 3.28. The van der Waals surface area contributed by atoms with Crippen LogP contribution in [0, 0.1) is 13.8 Å². The summed E-state index contributed by atoms with van der Waals surface area (Å²) in [5.74, 6) is 2.18. The monoisotopic (exact) mass is 335 g/mol. The van der Waals surface area contributed by atoms with Gasteiger partial charge in [-0.25, -0.2) is 9.97 Å². The van der Waals surface area contributed by atoms with Gasteiger partial charge in [0, 0.05) is 25.7 Å². The van der Waals surface area contributed by atoms with E-state index in [2.05, 4.69) is 38.3 Å². The first-order valence-corrected chi connectivity index (χ1v) is 7.58. The second-order valence-electron chi connectivity index (χ2n) is 5.29. The summed E-state index contributed by atoms with van der Waals surface area (Å²) in [5.41, 5.74) is 4.21. The zero-order valence-corrected chi connectivity index (χ0v) is 13.7. The number of halogens is 1. The molecule has 0 unspecified atom stereocenters. The molecule has 1 aliphatic rings. The molecule has 3 rings (SSSR count). The maximum absolute atomic E-state index is 4.80. The minimum Gasteiger partial charge on any atom is -0.372 e. The maximum Gasteiger partial charge on any atom is 0.165 e. The standard InChI is InChI=1S/C14H18BrN5/c1-7-10(8(2)20(4)19-7)13-17-12(9-5-6-9)11(15)14(16-3)18-13/h9H,5-6H2,1-4H3,(H,16,17,18). The van der Waals surface area contributed by atoms with Crippen LogP contribution in [0.3, 0.4) is 0 Å². The third-order valence-corrected chi connectivity index (χ3v) is 4.59. The molecule has 2 aromatic rings. The van der Waals surface area contributed by atoms with Crippen LogP contribution in [0.4, 0.5) is 5.82 Å². The number of hydrogen-bond acceptors (Lipinski definition) is 4. The Morgan fingerprint density at radius 2 is 1.95 bits per heavy atom. The average molecular weight is 336 g/mol. The molecule has 1 saturated carbocycles. The van der Waals surface area contributed by atoms with Crippen LogP contribution in [0.25, 0.3) is 11.4 Å². The van der Waals surface area contributed by atoms with Crippen molar-refractivity contribution in [3.8, 4) is 11.4 Å². The highest BCUT2D eigenvalue weighted by Crippen LogP contribution is 2.44. The minimum atomic E-state index is 0.565. The van der Waals surface area contributed by atoms with Crippen LogP contribution in [-0.2, 0) is 7.05 Å². The largest absolute Gasteiger partial charge is 0.372 e. The van der Waals surface area contributed by atoms with Crippen molar-refractivity contribution >= 4 is 21.7 Å². The van der Waals surface area contributed by atoms with Crippen molar-refractivity contribution in [2.75, 3.05) is 12.4 Å². The lowest BCUT2D eigenvalue weighted by molar-refractivity contribution is 0.731. The molecule has 0 radical (unpaired) electrons. The Labute approximate surface area is 127 Å². The second-order valence-corrected chi connectivity index (χ2v) is 6.08. The summed E-state index contributed by atoms with van der Waals surface area (Å²) in [6.45, 7) is 4.06. The number of aryl methyl sites for hydroxylation is 2. The van der Waals surface area contributed by atoms with Crippen molar-refractivity contribution in [1.82, 2.24) is 19.7 Å². The Balaban J connectivity index is 2.20. The highest BCUT2D eigenvalue weighted by atomic mass is 79.9. The smallest absolute Gasteiger partial charge is 0.165 e. The molecule has 0 bridgehead atoms. The van der Waals surface area contributed by atoms with E-state index in [1.54, 1.807) is 0 Å². The van der Waals surface area contributed by atoms with E-state index in [9.17, 15) is 0 Å². The van der Waals surface area contributed by atoms with Gasteiger partial charge in [-0.1, -0.05) is 0 Å². The lowest BCUT2D eigenvalue weighted by atomic mass is 10.1. The van der Waals surface area contributed by atoms with Crippen molar-refractivity contribution in [3.05, 3.63) is 21.6 Å². The molecule has 106 valence electrons. The van der Waals surface area contributed by atoms with Gasteiger partial charge in [-0.2, -0.15) is 5.10 Å². The highest BCUT2D eigenvalue weighted by molar-refractivity contribution is 9.10. The number of aromatic nitrogens is 4. The molecule has 0 aliphatic heterocycles. The summed E-state index contributed by atoms with van der Waals surface area (Å²) >= 11 is 3.62. The van der Waals surface area contributed by atoms with Crippen LogP contribution >= 0.6 is 15.9 Å². The second kappa shape index (κ2) is 4.84. The molecule has 0 atom stereocenters. The van der Waals surface area contributed by atoms with Crippen LogP contribution in [0.15, 0.2) is 4.47 Å². The van der Waals surface area contributed by atoms with Gasteiger partial charge in [0.15, 0.2) is 5.82 Å². The van der Waals surface area contributed by atoms with E-state index in [1.165, 1.54) is 12.8 Å². The lowest BCUT2D eigenvalue weighted by Gasteiger charge is -2.11. The van der Waals surface area contributed by atoms with Crippen LogP contribution in [0.1, 0.15) is 35.8 Å². The van der Waals surface area contributed by atoms with Crippen molar-refractivity contribution < 1.29 is 0 Å². The molecule has 0 saturated heterocycles. The van der Waals surface area contributed by atoms with Gasteiger partial charge in [-0.15, -0.1) is 0 Å². The molecule has 0 amide bonds. The van der Waals surface area contributed by atoms with Gasteiger partial charge in [0.2, 0.25) is 0 Å². The summed E-state index contributed by atoms with van der Waals surface area (Å²) in [6.07, 6.45) is 2.42. The van der Waals surface area contributed by atoms with E-state index in [1.807, 2.05) is 25.7 Å². The van der Waals surface area contributed by atoms with E-state index in [-0.39, 0.29) is 0 Å². The summed E-state index contributed by atoms with van der Waals surface area (Å²) in [7, 11) is 3.84. The number of nitrogens with one attached hydrogen (secondary N) is 1. The number of hydrogen-bond donors (Lipinski definition) is 1. The molecule has 0 aromatic carbocycles. The topological polar surface area (TPSA) is 55.6 Å². The summed E-state index contributed by atoms with van der Waals surface area (Å²) in [5, 5.41) is 7.61. The van der Waals surface area contributed by atoms with Gasteiger partial charge in [0.25, 0.3) is 0 Å². The van der Waals surface area contributed by atoms with Gasteiger partial charge in [-0.05, 0) is 42.6 Å². The molecule has 1 N–H and O–H groups in total. The van der Waals surface area contributed by atoms with E-state index >= 15 is 0 Å². The third-order valence-electron chi connectivity index (χ3n) is 3.81. The zero-order chi connectivity index (χ0) is 14.4. The predicted octanol–water partition coefficient (Wildman–Crippen LogP) is 3.18. The van der Waals surface area contributed by atoms with Gasteiger partial charge >= 0.3 is 0 Å². The normalized spacial score (nSPS) is 14.7. The van der Waals surface area contributed by atoms with E-state index in [4.69, 9.17) is 4.98 Å². The minimum absolute atomic E-state index is 0.565. The van der Waals surface area contributed by atoms with Crippen LogP contribution in [0.2, 0.25) is 0 Å². The van der Waals surface area contributed by atoms with Gasteiger partial charge < -0.3 is 5.32 Å². The molecule has 1 aliphatic carbocycles. The first-order chi connectivity index (χ1) is 9.52. The molecule has 2 aromatic heterocycles. The lowest BCUT2D eigenvalue weighted by Crippen LogP contribution is -2.03. The molecule has 5 nitrogen and oxygen atoms in total. The Morgan fingerprint density at radius 1 is 1.25 bits per heavy atom. The molecular weight excluding hydrogens is 318 g/mol.